The van der Waals surface area contributed by atoms with Gasteiger partial charge in [-0.15, -0.1) is 0 Å². The molecule has 0 radical (unpaired) electrons. The molecule has 0 spiro atoms. The number of aryl methyl sites for hydroxylation is 1. The van der Waals surface area contributed by atoms with Gasteiger partial charge in [0, 0.05) is 18.4 Å². The highest BCUT2D eigenvalue weighted by molar-refractivity contribution is 5.80. The van der Waals surface area contributed by atoms with Gasteiger partial charge in [-0.3, -0.25) is 9.59 Å². The van der Waals surface area contributed by atoms with Crippen LogP contribution in [-0.2, 0) is 22.4 Å². The van der Waals surface area contributed by atoms with Gasteiger partial charge in [-0.2, -0.15) is 0 Å². The Bertz CT molecular complexity index is 911. The summed E-state index contributed by atoms with van der Waals surface area (Å²) in [7, 11) is 1.65. The minimum absolute atomic E-state index is 0.0536. The van der Waals surface area contributed by atoms with Crippen LogP contribution in [0.2, 0.25) is 0 Å². The fourth-order valence-electron chi connectivity index (χ4n) is 4.68. The standard InChI is InChI=1S/C24H28N2O3/c1-29-19-7-4-5-17(15-19)16-24(14-12-23(28)26-24)13-11-22(27)25-21-10-9-18-6-2-3-8-20(18)21/h2-8,15,21H,9-14,16H2,1H3,(H,25,27)(H,26,28)/t21-,24+/m0/s1. The quantitative estimate of drug-likeness (QED) is 0.758. The van der Waals surface area contributed by atoms with E-state index in [0.717, 1.165) is 30.6 Å². The van der Waals surface area contributed by atoms with Crippen LogP contribution in [0, 0.1) is 0 Å². The zero-order valence-electron chi connectivity index (χ0n) is 16.9. The van der Waals surface area contributed by atoms with Gasteiger partial charge in [0.15, 0.2) is 0 Å². The van der Waals surface area contributed by atoms with E-state index in [2.05, 4.69) is 22.8 Å². The number of amides is 2. The first kappa shape index (κ1) is 19.5. The van der Waals surface area contributed by atoms with Gasteiger partial charge in [0.2, 0.25) is 11.8 Å². The van der Waals surface area contributed by atoms with E-state index < -0.39 is 0 Å². The summed E-state index contributed by atoms with van der Waals surface area (Å²) in [5.74, 6) is 0.926. The van der Waals surface area contributed by atoms with Crippen LogP contribution in [0.3, 0.4) is 0 Å². The summed E-state index contributed by atoms with van der Waals surface area (Å²) >= 11 is 0. The van der Waals surface area contributed by atoms with Gasteiger partial charge in [0.25, 0.3) is 0 Å². The first-order valence-electron chi connectivity index (χ1n) is 10.4. The fraction of sp³-hybridized carbons (Fsp3) is 0.417. The van der Waals surface area contributed by atoms with Gasteiger partial charge < -0.3 is 15.4 Å². The Balaban J connectivity index is 1.40. The molecule has 2 atom stereocenters. The van der Waals surface area contributed by atoms with Crippen molar-refractivity contribution in [2.75, 3.05) is 7.11 Å². The molecule has 1 fully saturated rings. The molecule has 1 saturated heterocycles. The highest BCUT2D eigenvalue weighted by Gasteiger charge is 2.38. The van der Waals surface area contributed by atoms with Crippen molar-refractivity contribution in [1.82, 2.24) is 10.6 Å². The zero-order valence-corrected chi connectivity index (χ0v) is 16.9. The van der Waals surface area contributed by atoms with Crippen molar-refractivity contribution in [3.8, 4) is 5.75 Å². The van der Waals surface area contributed by atoms with Crippen molar-refractivity contribution < 1.29 is 14.3 Å². The minimum Gasteiger partial charge on any atom is -0.497 e. The number of methoxy groups -OCH3 is 1. The summed E-state index contributed by atoms with van der Waals surface area (Å²) in [5, 5.41) is 6.36. The molecule has 0 aromatic heterocycles. The molecule has 1 heterocycles. The Morgan fingerprint density at radius 3 is 2.86 bits per heavy atom. The van der Waals surface area contributed by atoms with E-state index in [-0.39, 0.29) is 23.4 Å². The number of fused-ring (bicyclic) bond motifs is 1. The summed E-state index contributed by atoms with van der Waals surface area (Å²) in [6.07, 6.45) is 4.98. The number of hydrogen-bond donors (Lipinski definition) is 2. The number of benzene rings is 2. The topological polar surface area (TPSA) is 67.4 Å². The SMILES string of the molecule is COc1cccc(C[C@@]2(CCC(=O)N[C@H]3CCc4ccccc43)CCC(=O)N2)c1. The van der Waals surface area contributed by atoms with Crippen LogP contribution in [0.4, 0.5) is 0 Å². The second-order valence-corrected chi connectivity index (χ2v) is 8.21. The van der Waals surface area contributed by atoms with Crippen LogP contribution in [0.25, 0.3) is 0 Å². The summed E-state index contributed by atoms with van der Waals surface area (Å²) < 4.78 is 5.32. The third-order valence-corrected chi connectivity index (χ3v) is 6.21. The average molecular weight is 392 g/mol. The summed E-state index contributed by atoms with van der Waals surface area (Å²) in [5.41, 5.74) is 3.31. The van der Waals surface area contributed by atoms with Gasteiger partial charge in [0.1, 0.15) is 5.75 Å². The molecule has 152 valence electrons. The molecule has 2 N–H and O–H groups in total. The third kappa shape index (κ3) is 4.44. The molecule has 0 bridgehead atoms. The van der Waals surface area contributed by atoms with Crippen LogP contribution in [0.15, 0.2) is 48.5 Å². The Morgan fingerprint density at radius 1 is 1.21 bits per heavy atom. The predicted molar refractivity (Wildman–Crippen MR) is 112 cm³/mol. The van der Waals surface area contributed by atoms with Crippen LogP contribution in [-0.4, -0.2) is 24.5 Å². The number of rotatable bonds is 7. The van der Waals surface area contributed by atoms with E-state index in [4.69, 9.17) is 4.74 Å². The summed E-state index contributed by atoms with van der Waals surface area (Å²) in [4.78, 5) is 24.7. The van der Waals surface area contributed by atoms with E-state index in [0.29, 0.717) is 25.7 Å². The van der Waals surface area contributed by atoms with Crippen molar-refractivity contribution in [3.63, 3.8) is 0 Å². The smallest absolute Gasteiger partial charge is 0.220 e. The Morgan fingerprint density at radius 2 is 2.07 bits per heavy atom. The second-order valence-electron chi connectivity index (χ2n) is 8.21. The minimum atomic E-state index is -0.367. The Labute approximate surface area is 171 Å². The normalized spacial score (nSPS) is 22.8. The maximum atomic E-state index is 12.7. The molecule has 1 aliphatic carbocycles. The molecule has 2 aliphatic rings. The van der Waals surface area contributed by atoms with Crippen LogP contribution in [0.5, 0.6) is 5.75 Å². The van der Waals surface area contributed by atoms with E-state index in [1.807, 2.05) is 36.4 Å². The molecule has 5 heteroatoms. The highest BCUT2D eigenvalue weighted by Crippen LogP contribution is 2.32. The maximum Gasteiger partial charge on any atom is 0.220 e. The number of hydrogen-bond acceptors (Lipinski definition) is 3. The first-order valence-corrected chi connectivity index (χ1v) is 10.4. The third-order valence-electron chi connectivity index (χ3n) is 6.21. The fourth-order valence-corrected chi connectivity index (χ4v) is 4.68. The number of nitrogens with one attached hydrogen (secondary N) is 2. The largest absolute Gasteiger partial charge is 0.497 e. The molecule has 29 heavy (non-hydrogen) atoms. The highest BCUT2D eigenvalue weighted by atomic mass is 16.5. The molecule has 2 amide bonds. The van der Waals surface area contributed by atoms with Crippen molar-refractivity contribution in [1.29, 1.82) is 0 Å². The molecule has 2 aromatic carbocycles. The summed E-state index contributed by atoms with van der Waals surface area (Å²) in [6.45, 7) is 0. The lowest BCUT2D eigenvalue weighted by Gasteiger charge is -2.29. The van der Waals surface area contributed by atoms with Gasteiger partial charge >= 0.3 is 0 Å². The maximum absolute atomic E-state index is 12.7. The lowest BCUT2D eigenvalue weighted by molar-refractivity contribution is -0.123. The van der Waals surface area contributed by atoms with E-state index >= 15 is 0 Å². The molecule has 2 aromatic rings. The van der Waals surface area contributed by atoms with Gasteiger partial charge in [-0.05, 0) is 60.9 Å². The zero-order chi connectivity index (χ0) is 20.3. The molecular formula is C24H28N2O3. The molecule has 4 rings (SSSR count). The number of carbonyl (C=O) groups is 2. The number of ether oxygens (including phenoxy) is 1. The average Bonchev–Trinajstić information content (AvgIpc) is 3.31. The van der Waals surface area contributed by atoms with E-state index in [1.165, 1.54) is 11.1 Å². The molecule has 0 unspecified atom stereocenters. The molecular weight excluding hydrogens is 364 g/mol. The monoisotopic (exact) mass is 392 g/mol. The first-order chi connectivity index (χ1) is 14.1. The van der Waals surface area contributed by atoms with Crippen molar-refractivity contribution in [2.45, 2.75) is 56.5 Å². The molecule has 5 nitrogen and oxygen atoms in total. The molecule has 1 aliphatic heterocycles. The van der Waals surface area contributed by atoms with Gasteiger partial charge in [-0.25, -0.2) is 0 Å². The second kappa shape index (κ2) is 8.27. The predicted octanol–water partition coefficient (Wildman–Crippen LogP) is 3.47. The summed E-state index contributed by atoms with van der Waals surface area (Å²) in [6, 6.07) is 16.3. The Hall–Kier alpha value is -2.82. The lowest BCUT2D eigenvalue weighted by atomic mass is 9.85. The number of carbonyl (C=O) groups excluding carboxylic acids is 2. The lowest BCUT2D eigenvalue weighted by Crippen LogP contribution is -2.44. The Kier molecular flexibility index (Phi) is 5.56. The van der Waals surface area contributed by atoms with Crippen molar-refractivity contribution in [2.24, 2.45) is 0 Å². The van der Waals surface area contributed by atoms with E-state index in [9.17, 15) is 9.59 Å². The van der Waals surface area contributed by atoms with Crippen LogP contribution >= 0.6 is 0 Å². The molecule has 0 saturated carbocycles. The van der Waals surface area contributed by atoms with Crippen molar-refractivity contribution >= 4 is 11.8 Å². The van der Waals surface area contributed by atoms with Gasteiger partial charge in [-0.1, -0.05) is 36.4 Å². The van der Waals surface area contributed by atoms with E-state index in [1.54, 1.807) is 7.11 Å². The van der Waals surface area contributed by atoms with Crippen LogP contribution < -0.4 is 15.4 Å². The van der Waals surface area contributed by atoms with Gasteiger partial charge in [0.05, 0.1) is 13.2 Å². The van der Waals surface area contributed by atoms with Crippen molar-refractivity contribution in [3.05, 3.63) is 65.2 Å². The van der Waals surface area contributed by atoms with Crippen LogP contribution in [0.1, 0.15) is 54.8 Å².